The zero-order chi connectivity index (χ0) is 24.5. The van der Waals surface area contributed by atoms with Gasteiger partial charge in [-0.05, 0) is 60.7 Å². The topological polar surface area (TPSA) is 121 Å². The smallest absolute Gasteiger partial charge is 0.256 e. The minimum absolute atomic E-state index is 0.112. The third-order valence-electron chi connectivity index (χ3n) is 5.12. The van der Waals surface area contributed by atoms with Crippen molar-refractivity contribution < 1.29 is 22.7 Å². The highest BCUT2D eigenvalue weighted by Crippen LogP contribution is 2.34. The van der Waals surface area contributed by atoms with Gasteiger partial charge in [-0.3, -0.25) is 4.79 Å². The summed E-state index contributed by atoms with van der Waals surface area (Å²) in [5.41, 5.74) is 2.37. The molecule has 0 bridgehead atoms. The first-order valence-corrected chi connectivity index (χ1v) is 11.9. The van der Waals surface area contributed by atoms with Crippen LogP contribution < -0.4 is 19.9 Å². The first-order valence-electron chi connectivity index (χ1n) is 9.96. The van der Waals surface area contributed by atoms with Crippen molar-refractivity contribution in [3.63, 3.8) is 0 Å². The van der Waals surface area contributed by atoms with Crippen molar-refractivity contribution in [1.82, 2.24) is 4.98 Å². The lowest BCUT2D eigenvalue weighted by atomic mass is 10.0. The molecule has 0 atom stereocenters. The first-order chi connectivity index (χ1) is 16.2. The standard InChI is InChI=1S/C24H20ClN3O5S/c1-32-22-9-6-14(10-23(22)33-2)21-13-19(18-11-15(25)7-8-20(18)28-21)24(29)27-16-4-3-5-17(12-16)34(26,30)31/h3-13H,1-2H3,(H,27,29)(H2,26,30,31). The zero-order valence-electron chi connectivity index (χ0n) is 18.2. The molecular formula is C24H20ClN3O5S. The van der Waals surface area contributed by atoms with Crippen molar-refractivity contribution in [2.75, 3.05) is 19.5 Å². The van der Waals surface area contributed by atoms with Crippen LogP contribution >= 0.6 is 11.6 Å². The van der Waals surface area contributed by atoms with E-state index in [4.69, 9.17) is 26.2 Å². The third kappa shape index (κ3) is 4.81. The molecule has 0 saturated heterocycles. The quantitative estimate of drug-likeness (QED) is 0.405. The number of aromatic nitrogens is 1. The third-order valence-corrected chi connectivity index (χ3v) is 6.26. The Labute approximate surface area is 201 Å². The Hall–Kier alpha value is -3.66. The highest BCUT2D eigenvalue weighted by atomic mass is 35.5. The van der Waals surface area contributed by atoms with Gasteiger partial charge in [-0.15, -0.1) is 0 Å². The second-order valence-electron chi connectivity index (χ2n) is 7.31. The van der Waals surface area contributed by atoms with Crippen molar-refractivity contribution in [3.8, 4) is 22.8 Å². The van der Waals surface area contributed by atoms with Crippen LogP contribution in [0.2, 0.25) is 5.02 Å². The van der Waals surface area contributed by atoms with Gasteiger partial charge < -0.3 is 14.8 Å². The number of nitrogens with one attached hydrogen (secondary N) is 1. The number of pyridine rings is 1. The molecule has 34 heavy (non-hydrogen) atoms. The summed E-state index contributed by atoms with van der Waals surface area (Å²) in [4.78, 5) is 17.9. The lowest BCUT2D eigenvalue weighted by Crippen LogP contribution is -2.15. The first kappa shape index (κ1) is 23.5. The number of fused-ring (bicyclic) bond motifs is 1. The second-order valence-corrected chi connectivity index (χ2v) is 9.31. The number of halogens is 1. The van der Waals surface area contributed by atoms with Gasteiger partial charge in [0.05, 0.1) is 35.9 Å². The minimum atomic E-state index is -3.92. The Morgan fingerprint density at radius 1 is 0.971 bits per heavy atom. The minimum Gasteiger partial charge on any atom is -0.493 e. The number of anilines is 1. The van der Waals surface area contributed by atoms with Gasteiger partial charge in [-0.25, -0.2) is 18.5 Å². The number of carbonyl (C=O) groups is 1. The number of nitrogens with two attached hydrogens (primary N) is 1. The molecular weight excluding hydrogens is 478 g/mol. The maximum Gasteiger partial charge on any atom is 0.256 e. The molecule has 10 heteroatoms. The van der Waals surface area contributed by atoms with Crippen LogP contribution in [0.3, 0.4) is 0 Å². The second kappa shape index (κ2) is 9.30. The molecule has 174 valence electrons. The number of amides is 1. The van der Waals surface area contributed by atoms with Crippen LogP contribution in [0.15, 0.2) is 71.6 Å². The molecule has 1 amide bonds. The number of hydrogen-bond acceptors (Lipinski definition) is 6. The largest absolute Gasteiger partial charge is 0.493 e. The summed E-state index contributed by atoms with van der Waals surface area (Å²) in [6.45, 7) is 0. The van der Waals surface area contributed by atoms with Crippen LogP contribution in [0.4, 0.5) is 5.69 Å². The highest BCUT2D eigenvalue weighted by molar-refractivity contribution is 7.89. The summed E-state index contributed by atoms with van der Waals surface area (Å²) in [7, 11) is -0.844. The highest BCUT2D eigenvalue weighted by Gasteiger charge is 2.17. The van der Waals surface area contributed by atoms with E-state index in [1.807, 2.05) is 6.07 Å². The normalized spacial score (nSPS) is 11.3. The number of sulfonamides is 1. The van der Waals surface area contributed by atoms with Gasteiger partial charge in [0, 0.05) is 21.7 Å². The molecule has 1 aromatic heterocycles. The molecule has 4 aromatic rings. The Bertz CT molecular complexity index is 1520. The number of rotatable bonds is 6. The Morgan fingerprint density at radius 3 is 2.44 bits per heavy atom. The van der Waals surface area contributed by atoms with E-state index in [0.717, 1.165) is 0 Å². The number of primary sulfonamides is 1. The number of hydrogen-bond donors (Lipinski definition) is 2. The fourth-order valence-corrected chi connectivity index (χ4v) is 4.21. The number of methoxy groups -OCH3 is 2. The predicted molar refractivity (Wildman–Crippen MR) is 131 cm³/mol. The molecule has 0 radical (unpaired) electrons. The molecule has 8 nitrogen and oxygen atoms in total. The monoisotopic (exact) mass is 497 g/mol. The van der Waals surface area contributed by atoms with Crippen LogP contribution in [0, 0.1) is 0 Å². The lowest BCUT2D eigenvalue weighted by molar-refractivity contribution is 0.102. The van der Waals surface area contributed by atoms with Crippen molar-refractivity contribution in [3.05, 3.63) is 77.3 Å². The number of ether oxygens (including phenoxy) is 2. The Balaban J connectivity index is 1.82. The zero-order valence-corrected chi connectivity index (χ0v) is 19.8. The van der Waals surface area contributed by atoms with Crippen molar-refractivity contribution in [2.24, 2.45) is 5.14 Å². The summed E-state index contributed by atoms with van der Waals surface area (Å²) in [6, 6.07) is 17.7. The van der Waals surface area contributed by atoms with Gasteiger partial charge in [-0.2, -0.15) is 0 Å². The van der Waals surface area contributed by atoms with E-state index in [0.29, 0.717) is 44.2 Å². The van der Waals surface area contributed by atoms with E-state index < -0.39 is 15.9 Å². The van der Waals surface area contributed by atoms with E-state index in [9.17, 15) is 13.2 Å². The van der Waals surface area contributed by atoms with Gasteiger partial charge in [0.15, 0.2) is 11.5 Å². The van der Waals surface area contributed by atoms with Crippen LogP contribution in [-0.4, -0.2) is 33.5 Å². The van der Waals surface area contributed by atoms with Crippen LogP contribution in [0.5, 0.6) is 11.5 Å². The van der Waals surface area contributed by atoms with Crippen molar-refractivity contribution in [2.45, 2.75) is 4.90 Å². The number of benzene rings is 3. The van der Waals surface area contributed by atoms with Crippen LogP contribution in [0.1, 0.15) is 10.4 Å². The van der Waals surface area contributed by atoms with E-state index in [1.54, 1.807) is 49.6 Å². The maximum absolute atomic E-state index is 13.3. The number of carbonyl (C=O) groups excluding carboxylic acids is 1. The average Bonchev–Trinajstić information content (AvgIpc) is 2.82. The van der Waals surface area contributed by atoms with Gasteiger partial charge in [0.25, 0.3) is 5.91 Å². The fraction of sp³-hybridized carbons (Fsp3) is 0.0833. The Kier molecular flexibility index (Phi) is 6.43. The van der Waals surface area contributed by atoms with Gasteiger partial charge in [0.1, 0.15) is 0 Å². The predicted octanol–water partition coefficient (Wildman–Crippen LogP) is 4.47. The van der Waals surface area contributed by atoms with Gasteiger partial charge >= 0.3 is 0 Å². The molecule has 4 rings (SSSR count). The molecule has 0 unspecified atom stereocenters. The van der Waals surface area contributed by atoms with Crippen molar-refractivity contribution in [1.29, 1.82) is 0 Å². The molecule has 0 aliphatic heterocycles. The van der Waals surface area contributed by atoms with E-state index in [2.05, 4.69) is 10.3 Å². The molecule has 3 N–H and O–H groups in total. The van der Waals surface area contributed by atoms with E-state index in [-0.39, 0.29) is 10.6 Å². The molecule has 1 heterocycles. The fourth-order valence-electron chi connectivity index (χ4n) is 3.48. The van der Waals surface area contributed by atoms with E-state index in [1.165, 1.54) is 25.3 Å². The maximum atomic E-state index is 13.3. The molecule has 0 aliphatic carbocycles. The van der Waals surface area contributed by atoms with Gasteiger partial charge in [-0.1, -0.05) is 17.7 Å². The summed E-state index contributed by atoms with van der Waals surface area (Å²) in [5, 5.41) is 8.91. The SMILES string of the molecule is COc1ccc(-c2cc(C(=O)Nc3cccc(S(N)(=O)=O)c3)c3cc(Cl)ccc3n2)cc1OC. The summed E-state index contributed by atoms with van der Waals surface area (Å²) >= 11 is 6.19. The van der Waals surface area contributed by atoms with Crippen LogP contribution in [-0.2, 0) is 10.0 Å². The van der Waals surface area contributed by atoms with Crippen LogP contribution in [0.25, 0.3) is 22.2 Å². The summed E-state index contributed by atoms with van der Waals surface area (Å²) < 4.78 is 34.0. The van der Waals surface area contributed by atoms with E-state index >= 15 is 0 Å². The average molecular weight is 498 g/mol. The number of nitrogens with zero attached hydrogens (tertiary/aromatic N) is 1. The summed E-state index contributed by atoms with van der Waals surface area (Å²) in [6.07, 6.45) is 0. The molecule has 0 fully saturated rings. The summed E-state index contributed by atoms with van der Waals surface area (Å²) in [5.74, 6) is 0.610. The molecule has 3 aromatic carbocycles. The molecule has 0 spiro atoms. The lowest BCUT2D eigenvalue weighted by Gasteiger charge is -2.13. The molecule has 0 saturated carbocycles. The molecule has 0 aliphatic rings. The van der Waals surface area contributed by atoms with Gasteiger partial charge in [0.2, 0.25) is 10.0 Å². The van der Waals surface area contributed by atoms with Crippen molar-refractivity contribution >= 4 is 44.1 Å². The Morgan fingerprint density at radius 2 is 1.74 bits per heavy atom.